The second kappa shape index (κ2) is 6.93. The number of hydrogen-bond acceptors (Lipinski definition) is 4. The standard InChI is InChI=1S/C15H14BrNO3S2/c1-8(2)12(14(18)19)17-13(21)11(22-15(17)20)7-9-3-5-10(16)6-4-9/h3-8,12H,1-2H3,(H,18,19)/b11-7+. The van der Waals surface area contributed by atoms with Gasteiger partial charge < -0.3 is 5.11 Å². The van der Waals surface area contributed by atoms with Crippen molar-refractivity contribution in [2.24, 2.45) is 5.92 Å². The van der Waals surface area contributed by atoms with E-state index in [9.17, 15) is 14.7 Å². The minimum atomic E-state index is -1.05. The summed E-state index contributed by atoms with van der Waals surface area (Å²) >= 11 is 9.66. The fraction of sp³-hybridized carbons (Fsp3) is 0.267. The molecule has 0 spiro atoms. The predicted octanol–water partition coefficient (Wildman–Crippen LogP) is 4.40. The normalized spacial score (nSPS) is 18.4. The van der Waals surface area contributed by atoms with Crippen molar-refractivity contribution < 1.29 is 14.7 Å². The molecule has 1 fully saturated rings. The van der Waals surface area contributed by atoms with Gasteiger partial charge in [-0.1, -0.05) is 54.1 Å². The summed E-state index contributed by atoms with van der Waals surface area (Å²) in [6, 6.07) is 6.63. The van der Waals surface area contributed by atoms with Crippen LogP contribution in [0.4, 0.5) is 4.79 Å². The van der Waals surface area contributed by atoms with Crippen LogP contribution in [-0.4, -0.2) is 32.2 Å². The SMILES string of the molecule is CC(C)C(C(=O)O)N1C(=O)S/C(=C/c2ccc(Br)cc2)C1=S. The summed E-state index contributed by atoms with van der Waals surface area (Å²) in [7, 11) is 0. The van der Waals surface area contributed by atoms with Crippen molar-refractivity contribution in [3.8, 4) is 0 Å². The van der Waals surface area contributed by atoms with Crippen molar-refractivity contribution in [2.45, 2.75) is 19.9 Å². The minimum absolute atomic E-state index is 0.230. The maximum Gasteiger partial charge on any atom is 0.327 e. The maximum absolute atomic E-state index is 12.2. The first-order chi connectivity index (χ1) is 10.3. The van der Waals surface area contributed by atoms with Gasteiger partial charge in [-0.15, -0.1) is 0 Å². The van der Waals surface area contributed by atoms with Gasteiger partial charge in [0.05, 0.1) is 4.91 Å². The summed E-state index contributed by atoms with van der Waals surface area (Å²) in [6.45, 7) is 3.52. The fourth-order valence-corrected chi connectivity index (χ4v) is 3.70. The molecule has 7 heteroatoms. The molecule has 0 radical (unpaired) electrons. The van der Waals surface area contributed by atoms with Crippen molar-refractivity contribution in [1.82, 2.24) is 4.90 Å². The first-order valence-corrected chi connectivity index (χ1v) is 8.58. The number of amides is 1. The summed E-state index contributed by atoms with van der Waals surface area (Å²) < 4.78 is 0.958. The van der Waals surface area contributed by atoms with E-state index in [0.717, 1.165) is 21.8 Å². The molecule has 1 N–H and O–H groups in total. The molecule has 1 aromatic rings. The Kier molecular flexibility index (Phi) is 5.41. The van der Waals surface area contributed by atoms with Crippen LogP contribution in [0.3, 0.4) is 0 Å². The Morgan fingerprint density at radius 3 is 2.45 bits per heavy atom. The van der Waals surface area contributed by atoms with E-state index in [1.165, 1.54) is 4.90 Å². The van der Waals surface area contributed by atoms with Crippen LogP contribution >= 0.6 is 39.9 Å². The van der Waals surface area contributed by atoms with Crippen LogP contribution in [0, 0.1) is 5.92 Å². The number of carbonyl (C=O) groups excluding carboxylic acids is 1. The van der Waals surface area contributed by atoms with Gasteiger partial charge in [0.2, 0.25) is 0 Å². The number of aliphatic carboxylic acids is 1. The lowest BCUT2D eigenvalue weighted by Crippen LogP contribution is -2.46. The molecular formula is C15H14BrNO3S2. The summed E-state index contributed by atoms with van der Waals surface area (Å²) in [5.74, 6) is -1.27. The summed E-state index contributed by atoms with van der Waals surface area (Å²) in [5, 5.41) is 9.02. The van der Waals surface area contributed by atoms with Crippen LogP contribution in [0.5, 0.6) is 0 Å². The van der Waals surface area contributed by atoms with Crippen molar-refractivity contribution in [2.75, 3.05) is 0 Å². The molecule has 1 saturated heterocycles. The highest BCUT2D eigenvalue weighted by Crippen LogP contribution is 2.36. The molecule has 0 bridgehead atoms. The summed E-state index contributed by atoms with van der Waals surface area (Å²) in [5.41, 5.74) is 0.902. The largest absolute Gasteiger partial charge is 0.480 e. The number of rotatable bonds is 4. The van der Waals surface area contributed by atoms with E-state index in [1.807, 2.05) is 24.3 Å². The zero-order valence-electron chi connectivity index (χ0n) is 11.9. The molecule has 4 nitrogen and oxygen atoms in total. The number of benzene rings is 1. The van der Waals surface area contributed by atoms with Gasteiger partial charge in [0.1, 0.15) is 11.0 Å². The van der Waals surface area contributed by atoms with Gasteiger partial charge in [-0.2, -0.15) is 0 Å². The van der Waals surface area contributed by atoms with Gasteiger partial charge in [-0.25, -0.2) is 4.79 Å². The first-order valence-electron chi connectivity index (χ1n) is 6.56. The van der Waals surface area contributed by atoms with Gasteiger partial charge in [0.15, 0.2) is 0 Å². The van der Waals surface area contributed by atoms with Gasteiger partial charge in [0, 0.05) is 4.47 Å². The molecule has 1 aliphatic rings. The molecule has 1 aromatic carbocycles. The van der Waals surface area contributed by atoms with Crippen molar-refractivity contribution >= 4 is 62.2 Å². The number of halogens is 1. The third-order valence-corrected chi connectivity index (χ3v) is 5.13. The van der Waals surface area contributed by atoms with Gasteiger partial charge in [-0.05, 0) is 41.5 Å². The van der Waals surface area contributed by atoms with E-state index >= 15 is 0 Å². The highest BCUT2D eigenvalue weighted by atomic mass is 79.9. The average molecular weight is 400 g/mol. The number of thiocarbonyl (C=S) groups is 1. The van der Waals surface area contributed by atoms with E-state index in [-0.39, 0.29) is 16.1 Å². The Hall–Kier alpha value is -1.18. The third kappa shape index (κ3) is 3.59. The van der Waals surface area contributed by atoms with E-state index in [2.05, 4.69) is 15.9 Å². The second-order valence-corrected chi connectivity index (χ2v) is 7.43. The zero-order valence-corrected chi connectivity index (χ0v) is 15.2. The first kappa shape index (κ1) is 17.2. The lowest BCUT2D eigenvalue weighted by atomic mass is 10.0. The maximum atomic E-state index is 12.2. The lowest BCUT2D eigenvalue weighted by Gasteiger charge is -2.26. The van der Waals surface area contributed by atoms with E-state index in [0.29, 0.717) is 4.91 Å². The number of hydrogen-bond donors (Lipinski definition) is 1. The monoisotopic (exact) mass is 399 g/mol. The van der Waals surface area contributed by atoms with E-state index in [4.69, 9.17) is 12.2 Å². The molecule has 1 atom stereocenters. The van der Waals surface area contributed by atoms with E-state index < -0.39 is 12.0 Å². The van der Waals surface area contributed by atoms with Crippen molar-refractivity contribution in [3.05, 3.63) is 39.2 Å². The lowest BCUT2D eigenvalue weighted by molar-refractivity contribution is -0.142. The molecule has 116 valence electrons. The molecule has 1 aliphatic heterocycles. The molecule has 0 saturated carbocycles. The van der Waals surface area contributed by atoms with Crippen LogP contribution in [0.2, 0.25) is 0 Å². The van der Waals surface area contributed by atoms with Crippen LogP contribution in [0.15, 0.2) is 33.6 Å². The second-order valence-electron chi connectivity index (χ2n) is 5.13. The molecule has 2 rings (SSSR count). The molecule has 0 aromatic heterocycles. The Morgan fingerprint density at radius 2 is 1.95 bits per heavy atom. The fourth-order valence-electron chi connectivity index (χ4n) is 2.12. The van der Waals surface area contributed by atoms with Crippen molar-refractivity contribution in [1.29, 1.82) is 0 Å². The Balaban J connectivity index is 2.32. The molecule has 0 aliphatic carbocycles. The predicted molar refractivity (Wildman–Crippen MR) is 95.8 cm³/mol. The third-order valence-electron chi connectivity index (χ3n) is 3.15. The van der Waals surface area contributed by atoms with Crippen LogP contribution in [0.1, 0.15) is 19.4 Å². The molecule has 1 heterocycles. The van der Waals surface area contributed by atoms with Gasteiger partial charge >= 0.3 is 5.97 Å². The van der Waals surface area contributed by atoms with Crippen molar-refractivity contribution in [3.63, 3.8) is 0 Å². The summed E-state index contributed by atoms with van der Waals surface area (Å²) in [6.07, 6.45) is 1.80. The highest BCUT2D eigenvalue weighted by molar-refractivity contribution is 9.10. The van der Waals surface area contributed by atoms with Gasteiger partial charge in [-0.3, -0.25) is 9.69 Å². The van der Waals surface area contributed by atoms with Crippen LogP contribution in [0.25, 0.3) is 6.08 Å². The minimum Gasteiger partial charge on any atom is -0.480 e. The molecular weight excluding hydrogens is 386 g/mol. The highest BCUT2D eigenvalue weighted by Gasteiger charge is 2.41. The van der Waals surface area contributed by atoms with Gasteiger partial charge in [0.25, 0.3) is 5.24 Å². The number of nitrogens with zero attached hydrogens (tertiary/aromatic N) is 1. The molecule has 1 unspecified atom stereocenters. The zero-order chi connectivity index (χ0) is 16.4. The average Bonchev–Trinajstić information content (AvgIpc) is 2.69. The number of thioether (sulfide) groups is 1. The van der Waals surface area contributed by atoms with Crippen LogP contribution < -0.4 is 0 Å². The Labute approximate surface area is 146 Å². The summed E-state index contributed by atoms with van der Waals surface area (Å²) in [4.78, 5) is 25.7. The van der Waals surface area contributed by atoms with E-state index in [1.54, 1.807) is 19.9 Å². The number of carboxylic acid groups (broad SMARTS) is 1. The quantitative estimate of drug-likeness (QED) is 0.600. The Morgan fingerprint density at radius 1 is 1.36 bits per heavy atom. The molecule has 22 heavy (non-hydrogen) atoms. The molecule has 1 amide bonds. The topological polar surface area (TPSA) is 57.6 Å². The number of carbonyl (C=O) groups is 2. The van der Waals surface area contributed by atoms with Crippen LogP contribution in [-0.2, 0) is 4.79 Å². The Bertz CT molecular complexity index is 655. The smallest absolute Gasteiger partial charge is 0.327 e. The number of carboxylic acids is 1.